The zero-order valence-electron chi connectivity index (χ0n) is 21.1. The standard InChI is InChI=1S/C27H39N3O6/c1-14-23(28)21(26(2-15-8-31-15,3-16-9-32-16)4-17-10-33-17)25(30)22(24(14)29)27(5-18-11-34-18,6-19-12-35-19)7-20-13-36-20/h15-20H,2-13,28-30H2,1H3. The summed E-state index contributed by atoms with van der Waals surface area (Å²) >= 11 is 0. The Hall–Kier alpha value is -1.62. The molecule has 6 aliphatic rings. The van der Waals surface area contributed by atoms with Crippen LogP contribution >= 0.6 is 0 Å². The highest BCUT2D eigenvalue weighted by Crippen LogP contribution is 2.57. The van der Waals surface area contributed by atoms with Gasteiger partial charge in [0, 0.05) is 39.0 Å². The van der Waals surface area contributed by atoms with Gasteiger partial charge in [0.15, 0.2) is 0 Å². The third-order valence-corrected chi connectivity index (χ3v) is 9.07. The maximum absolute atomic E-state index is 7.30. The van der Waals surface area contributed by atoms with Gasteiger partial charge in [-0.15, -0.1) is 0 Å². The molecule has 1 aromatic rings. The summed E-state index contributed by atoms with van der Waals surface area (Å²) in [7, 11) is 0. The molecule has 0 bridgehead atoms. The SMILES string of the molecule is Cc1c(N)c(C(CC2CO2)(CC2CO2)CC2CO2)c(N)c(C(CC2CO2)(CC2CO2)CC2CO2)c1N. The first kappa shape index (κ1) is 23.5. The van der Waals surface area contributed by atoms with Crippen LogP contribution in [0.5, 0.6) is 0 Å². The number of ether oxygens (including phenoxy) is 6. The van der Waals surface area contributed by atoms with Crippen LogP contribution in [-0.4, -0.2) is 76.3 Å². The fraction of sp³-hybridized carbons (Fsp3) is 0.778. The number of rotatable bonds is 14. The van der Waals surface area contributed by atoms with E-state index < -0.39 is 0 Å². The molecule has 6 aliphatic heterocycles. The zero-order valence-corrected chi connectivity index (χ0v) is 21.1. The first-order valence-electron chi connectivity index (χ1n) is 13.5. The molecule has 9 nitrogen and oxygen atoms in total. The summed E-state index contributed by atoms with van der Waals surface area (Å²) in [5.41, 5.74) is 25.7. The van der Waals surface area contributed by atoms with Crippen molar-refractivity contribution >= 4 is 17.1 Å². The predicted octanol–water partition coefficient (Wildman–Crippen LogP) is 1.95. The second-order valence-electron chi connectivity index (χ2n) is 12.1. The van der Waals surface area contributed by atoms with Crippen molar-refractivity contribution in [2.45, 2.75) is 92.9 Å². The molecule has 36 heavy (non-hydrogen) atoms. The van der Waals surface area contributed by atoms with E-state index in [9.17, 15) is 0 Å². The van der Waals surface area contributed by atoms with Crippen molar-refractivity contribution < 1.29 is 28.4 Å². The average molecular weight is 502 g/mol. The normalized spacial score (nSPS) is 36.6. The second-order valence-corrected chi connectivity index (χ2v) is 12.1. The summed E-state index contributed by atoms with van der Waals surface area (Å²) in [5.74, 6) is 0. The molecule has 0 spiro atoms. The molecule has 6 atom stereocenters. The van der Waals surface area contributed by atoms with E-state index in [-0.39, 0.29) is 47.5 Å². The first-order valence-corrected chi connectivity index (χ1v) is 13.5. The Bertz CT molecular complexity index is 876. The Morgan fingerprint density at radius 1 is 0.500 bits per heavy atom. The van der Waals surface area contributed by atoms with Gasteiger partial charge in [0.1, 0.15) is 0 Å². The van der Waals surface area contributed by atoms with Gasteiger partial charge in [-0.2, -0.15) is 0 Å². The summed E-state index contributed by atoms with van der Waals surface area (Å²) in [5, 5.41) is 0. The van der Waals surface area contributed by atoms with E-state index in [4.69, 9.17) is 45.6 Å². The second kappa shape index (κ2) is 8.44. The third kappa shape index (κ3) is 4.70. The van der Waals surface area contributed by atoms with Gasteiger partial charge in [0.2, 0.25) is 0 Å². The smallest absolute Gasteiger partial charge is 0.0818 e. The molecule has 6 unspecified atom stereocenters. The van der Waals surface area contributed by atoms with Crippen molar-refractivity contribution in [1.82, 2.24) is 0 Å². The molecule has 7 rings (SSSR count). The molecule has 9 heteroatoms. The fourth-order valence-electron chi connectivity index (χ4n) is 6.92. The lowest BCUT2D eigenvalue weighted by Crippen LogP contribution is -2.38. The van der Waals surface area contributed by atoms with Crippen LogP contribution in [0.4, 0.5) is 17.1 Å². The minimum atomic E-state index is -0.293. The Balaban J connectivity index is 1.40. The number of hydrogen-bond acceptors (Lipinski definition) is 9. The van der Waals surface area contributed by atoms with Crippen LogP contribution in [0.2, 0.25) is 0 Å². The van der Waals surface area contributed by atoms with Crippen LogP contribution in [0.1, 0.15) is 55.2 Å². The van der Waals surface area contributed by atoms with Crippen molar-refractivity contribution in [2.75, 3.05) is 56.8 Å². The number of epoxide rings is 6. The van der Waals surface area contributed by atoms with Gasteiger partial charge in [-0.25, -0.2) is 0 Å². The van der Waals surface area contributed by atoms with Crippen molar-refractivity contribution in [2.24, 2.45) is 0 Å². The van der Waals surface area contributed by atoms with Crippen molar-refractivity contribution in [1.29, 1.82) is 0 Å². The van der Waals surface area contributed by atoms with Gasteiger partial charge >= 0.3 is 0 Å². The predicted molar refractivity (Wildman–Crippen MR) is 134 cm³/mol. The highest BCUT2D eigenvalue weighted by Gasteiger charge is 2.53. The number of nitrogen functional groups attached to an aromatic ring is 3. The molecular weight excluding hydrogens is 462 g/mol. The molecule has 1 aromatic carbocycles. The van der Waals surface area contributed by atoms with E-state index in [2.05, 4.69) is 0 Å². The molecule has 6 saturated heterocycles. The van der Waals surface area contributed by atoms with Gasteiger partial charge in [-0.3, -0.25) is 0 Å². The molecule has 6 heterocycles. The average Bonchev–Trinajstić information content (AvgIpc) is 3.58. The lowest BCUT2D eigenvalue weighted by molar-refractivity contribution is 0.229. The molecule has 6 N–H and O–H groups in total. The summed E-state index contributed by atoms with van der Waals surface area (Å²) in [6.45, 7) is 6.71. The quantitative estimate of drug-likeness (QED) is 0.256. The third-order valence-electron chi connectivity index (χ3n) is 9.07. The van der Waals surface area contributed by atoms with E-state index in [0.29, 0.717) is 11.4 Å². The van der Waals surface area contributed by atoms with Crippen LogP contribution in [0.15, 0.2) is 0 Å². The fourth-order valence-corrected chi connectivity index (χ4v) is 6.92. The largest absolute Gasteiger partial charge is 0.398 e. The minimum absolute atomic E-state index is 0.215. The molecule has 6 fully saturated rings. The summed E-state index contributed by atoms with van der Waals surface area (Å²) in [4.78, 5) is 0. The maximum Gasteiger partial charge on any atom is 0.0818 e. The summed E-state index contributed by atoms with van der Waals surface area (Å²) in [6.07, 6.45) is 6.46. The molecule has 0 aliphatic carbocycles. The van der Waals surface area contributed by atoms with Crippen molar-refractivity contribution in [3.8, 4) is 0 Å². The topological polar surface area (TPSA) is 153 Å². The summed E-state index contributed by atoms with van der Waals surface area (Å²) < 4.78 is 34.6. The number of nitrogens with two attached hydrogens (primary N) is 3. The number of hydrogen-bond donors (Lipinski definition) is 3. The Labute approximate surface area is 212 Å². The van der Waals surface area contributed by atoms with E-state index >= 15 is 0 Å². The lowest BCUT2D eigenvalue weighted by atomic mass is 9.63. The number of benzene rings is 1. The van der Waals surface area contributed by atoms with Gasteiger partial charge in [0.25, 0.3) is 0 Å². The Morgan fingerprint density at radius 2 is 0.722 bits per heavy atom. The lowest BCUT2D eigenvalue weighted by Gasteiger charge is -2.41. The molecular formula is C27H39N3O6. The van der Waals surface area contributed by atoms with Crippen molar-refractivity contribution in [3.63, 3.8) is 0 Å². The van der Waals surface area contributed by atoms with Crippen LogP contribution in [-0.2, 0) is 39.3 Å². The van der Waals surface area contributed by atoms with Gasteiger partial charge < -0.3 is 45.6 Å². The highest BCUT2D eigenvalue weighted by atomic mass is 16.6. The van der Waals surface area contributed by atoms with Crippen LogP contribution in [0.25, 0.3) is 0 Å². The van der Waals surface area contributed by atoms with E-state index in [0.717, 1.165) is 101 Å². The Morgan fingerprint density at radius 3 is 0.917 bits per heavy atom. The van der Waals surface area contributed by atoms with Gasteiger partial charge in [-0.1, -0.05) is 0 Å². The van der Waals surface area contributed by atoms with E-state index in [1.807, 2.05) is 6.92 Å². The first-order chi connectivity index (χ1) is 17.4. The van der Waals surface area contributed by atoms with Gasteiger partial charge in [-0.05, 0) is 51.0 Å². The zero-order chi connectivity index (χ0) is 24.7. The van der Waals surface area contributed by atoms with E-state index in [1.54, 1.807) is 0 Å². The van der Waals surface area contributed by atoms with E-state index in [1.165, 1.54) is 0 Å². The monoisotopic (exact) mass is 501 g/mol. The molecule has 0 aromatic heterocycles. The van der Waals surface area contributed by atoms with Crippen molar-refractivity contribution in [3.05, 3.63) is 16.7 Å². The molecule has 198 valence electrons. The van der Waals surface area contributed by atoms with Gasteiger partial charge in [0.05, 0.1) is 76.3 Å². The molecule has 0 amide bonds. The number of anilines is 3. The summed E-state index contributed by atoms with van der Waals surface area (Å²) in [6, 6.07) is 0. The maximum atomic E-state index is 7.30. The van der Waals surface area contributed by atoms with Crippen LogP contribution in [0, 0.1) is 6.92 Å². The highest BCUT2D eigenvalue weighted by molar-refractivity contribution is 5.82. The minimum Gasteiger partial charge on any atom is -0.398 e. The molecule has 0 saturated carbocycles. The van der Waals surface area contributed by atoms with Crippen LogP contribution in [0.3, 0.4) is 0 Å². The Kier molecular flexibility index (Phi) is 5.51. The molecule has 0 radical (unpaired) electrons. The van der Waals surface area contributed by atoms with Crippen LogP contribution < -0.4 is 17.2 Å².